The van der Waals surface area contributed by atoms with Crippen molar-refractivity contribution in [2.75, 3.05) is 11.5 Å². The summed E-state index contributed by atoms with van der Waals surface area (Å²) in [7, 11) is -8.05. The van der Waals surface area contributed by atoms with Crippen molar-refractivity contribution in [3.63, 3.8) is 0 Å². The Kier molecular flexibility index (Phi) is 7.38. The van der Waals surface area contributed by atoms with Crippen molar-refractivity contribution in [3.05, 3.63) is 95.1 Å². The maximum atomic E-state index is 13.5. The number of Topliss-reactive ketones (excluding diaryl/α,β-unsaturated/α-hetero) is 1. The summed E-state index contributed by atoms with van der Waals surface area (Å²) < 4.78 is 52.5. The van der Waals surface area contributed by atoms with Crippen LogP contribution in [0.25, 0.3) is 0 Å². The number of sulfone groups is 2. The van der Waals surface area contributed by atoms with Crippen LogP contribution in [0.1, 0.15) is 31.8 Å². The molecular weight excluding hydrogens is 474 g/mol. The van der Waals surface area contributed by atoms with Crippen LogP contribution in [0.2, 0.25) is 0 Å². The molecule has 2 N–H and O–H groups in total. The molecule has 0 saturated heterocycles. The van der Waals surface area contributed by atoms with E-state index in [9.17, 15) is 26.4 Å². The molecule has 0 saturated carbocycles. The van der Waals surface area contributed by atoms with Crippen LogP contribution in [0.4, 0.5) is 0 Å². The van der Waals surface area contributed by atoms with Crippen LogP contribution in [0.15, 0.2) is 82.6 Å². The summed E-state index contributed by atoms with van der Waals surface area (Å²) in [6, 6.07) is 17.8. The van der Waals surface area contributed by atoms with Gasteiger partial charge in [-0.25, -0.2) is 16.8 Å². The summed E-state index contributed by atoms with van der Waals surface area (Å²) in [5.41, 5.74) is 6.88. The van der Waals surface area contributed by atoms with Crippen molar-refractivity contribution < 1.29 is 26.4 Å². The number of carbonyl (C=O) groups excluding carboxylic acids is 2. The van der Waals surface area contributed by atoms with Crippen LogP contribution in [-0.4, -0.2) is 40.0 Å². The van der Waals surface area contributed by atoms with E-state index in [-0.39, 0.29) is 20.9 Å². The van der Waals surface area contributed by atoms with Crippen LogP contribution >= 0.6 is 0 Å². The summed E-state index contributed by atoms with van der Waals surface area (Å²) in [6.07, 6.45) is 0. The fourth-order valence-corrected chi connectivity index (χ4v) is 6.78. The highest BCUT2D eigenvalue weighted by molar-refractivity contribution is 7.92. The molecule has 0 spiro atoms. The fourth-order valence-electron chi connectivity index (χ4n) is 3.55. The third-order valence-corrected chi connectivity index (χ3v) is 9.09. The number of nitrogens with two attached hydrogens (primary N) is 1. The second-order valence-electron chi connectivity index (χ2n) is 8.16. The van der Waals surface area contributed by atoms with E-state index >= 15 is 0 Å². The first-order valence-corrected chi connectivity index (χ1v) is 13.7. The highest BCUT2D eigenvalue weighted by Crippen LogP contribution is 2.24. The highest BCUT2D eigenvalue weighted by atomic mass is 32.2. The molecule has 0 fully saturated rings. The van der Waals surface area contributed by atoms with Gasteiger partial charge in [0.1, 0.15) is 0 Å². The lowest BCUT2D eigenvalue weighted by atomic mass is 9.96. The molecule has 3 rings (SSSR count). The zero-order chi connectivity index (χ0) is 25.1. The van der Waals surface area contributed by atoms with Crippen molar-refractivity contribution >= 4 is 31.4 Å². The Labute approximate surface area is 199 Å². The highest BCUT2D eigenvalue weighted by Gasteiger charge is 2.34. The quantitative estimate of drug-likeness (QED) is 0.451. The fraction of sp³-hybridized carbons (Fsp3) is 0.200. The molecule has 178 valence electrons. The van der Waals surface area contributed by atoms with E-state index in [0.717, 1.165) is 11.1 Å². The van der Waals surface area contributed by atoms with Gasteiger partial charge in [0.25, 0.3) is 0 Å². The third-order valence-electron chi connectivity index (χ3n) is 5.43. The molecule has 0 bridgehead atoms. The Bertz CT molecular complexity index is 1350. The number of aryl methyl sites for hydroxylation is 2. The average molecular weight is 500 g/mol. The molecule has 0 atom stereocenters. The van der Waals surface area contributed by atoms with Gasteiger partial charge in [-0.2, -0.15) is 0 Å². The molecule has 3 aromatic carbocycles. The number of carbonyl (C=O) groups is 2. The minimum absolute atomic E-state index is 0.0215. The van der Waals surface area contributed by atoms with Gasteiger partial charge in [-0.1, -0.05) is 53.6 Å². The molecule has 34 heavy (non-hydrogen) atoms. The molecule has 0 aromatic heterocycles. The average Bonchev–Trinajstić information content (AvgIpc) is 2.78. The lowest BCUT2D eigenvalue weighted by Gasteiger charge is -2.18. The topological polar surface area (TPSA) is 128 Å². The summed E-state index contributed by atoms with van der Waals surface area (Å²) >= 11 is 0. The number of primary amides is 1. The standard InChI is InChI=1S/C25H25NO6S2/c1-17-7-11-20(12-8-17)33(29,30)15-19(16-34(31,32)21-13-9-18(2)10-14-21)24(27)22-5-3-4-6-23(22)25(26)28/h3-14,19H,15-16H2,1-2H3,(H2,26,28). The first-order valence-electron chi connectivity index (χ1n) is 10.4. The van der Waals surface area contributed by atoms with Crippen LogP contribution < -0.4 is 5.73 Å². The number of ketones is 1. The Morgan fingerprint density at radius 2 is 1.06 bits per heavy atom. The number of amides is 1. The molecule has 1 amide bonds. The van der Waals surface area contributed by atoms with E-state index < -0.39 is 48.8 Å². The van der Waals surface area contributed by atoms with Crippen LogP contribution in [0, 0.1) is 19.8 Å². The van der Waals surface area contributed by atoms with Crippen molar-refractivity contribution in [2.24, 2.45) is 11.7 Å². The van der Waals surface area contributed by atoms with Crippen molar-refractivity contribution in [1.82, 2.24) is 0 Å². The smallest absolute Gasteiger partial charge is 0.249 e. The molecule has 0 aliphatic rings. The van der Waals surface area contributed by atoms with E-state index in [1.165, 1.54) is 48.5 Å². The number of benzene rings is 3. The Balaban J connectivity index is 2.06. The van der Waals surface area contributed by atoms with Crippen molar-refractivity contribution in [1.29, 1.82) is 0 Å². The maximum Gasteiger partial charge on any atom is 0.249 e. The molecule has 0 aliphatic carbocycles. The molecule has 9 heteroatoms. The summed E-state index contributed by atoms with van der Waals surface area (Å²) in [5.74, 6) is -4.59. The Hall–Kier alpha value is -3.30. The monoisotopic (exact) mass is 499 g/mol. The van der Waals surface area contributed by atoms with Crippen LogP contribution in [-0.2, 0) is 19.7 Å². The van der Waals surface area contributed by atoms with E-state index in [0.29, 0.717) is 0 Å². The van der Waals surface area contributed by atoms with Gasteiger partial charge >= 0.3 is 0 Å². The number of hydrogen-bond donors (Lipinski definition) is 1. The van der Waals surface area contributed by atoms with Crippen molar-refractivity contribution in [2.45, 2.75) is 23.6 Å². The minimum Gasteiger partial charge on any atom is -0.366 e. The van der Waals surface area contributed by atoms with Gasteiger partial charge in [0, 0.05) is 11.1 Å². The lowest BCUT2D eigenvalue weighted by molar-refractivity contribution is 0.0927. The van der Waals surface area contributed by atoms with Crippen LogP contribution in [0.5, 0.6) is 0 Å². The van der Waals surface area contributed by atoms with E-state index in [2.05, 4.69) is 0 Å². The summed E-state index contributed by atoms with van der Waals surface area (Å²) in [6.45, 7) is 3.61. The predicted octanol–water partition coefficient (Wildman–Crippen LogP) is 3.15. The maximum absolute atomic E-state index is 13.5. The van der Waals surface area contributed by atoms with Gasteiger partial charge in [0.2, 0.25) is 5.91 Å². The second kappa shape index (κ2) is 9.90. The third kappa shape index (κ3) is 5.78. The minimum atomic E-state index is -4.03. The molecule has 0 radical (unpaired) electrons. The van der Waals surface area contributed by atoms with Gasteiger partial charge < -0.3 is 5.73 Å². The van der Waals surface area contributed by atoms with E-state index in [4.69, 9.17) is 5.73 Å². The lowest BCUT2D eigenvalue weighted by Crippen LogP contribution is -2.32. The number of hydrogen-bond acceptors (Lipinski definition) is 6. The van der Waals surface area contributed by atoms with Crippen LogP contribution in [0.3, 0.4) is 0 Å². The summed E-state index contributed by atoms with van der Waals surface area (Å²) in [4.78, 5) is 25.3. The SMILES string of the molecule is Cc1ccc(S(=O)(=O)CC(CS(=O)(=O)c2ccc(C)cc2)C(=O)c2ccccc2C(N)=O)cc1. The first-order chi connectivity index (χ1) is 15.9. The van der Waals surface area contributed by atoms with Gasteiger partial charge in [-0.05, 0) is 44.2 Å². The van der Waals surface area contributed by atoms with Crippen molar-refractivity contribution in [3.8, 4) is 0 Å². The predicted molar refractivity (Wildman–Crippen MR) is 129 cm³/mol. The Morgan fingerprint density at radius 3 is 1.44 bits per heavy atom. The molecule has 0 heterocycles. The zero-order valence-corrected chi connectivity index (χ0v) is 20.4. The molecule has 7 nitrogen and oxygen atoms in total. The molecular formula is C25H25NO6S2. The zero-order valence-electron chi connectivity index (χ0n) is 18.8. The van der Waals surface area contributed by atoms with Gasteiger partial charge in [-0.3, -0.25) is 9.59 Å². The van der Waals surface area contributed by atoms with E-state index in [1.54, 1.807) is 38.1 Å². The Morgan fingerprint density at radius 1 is 0.676 bits per heavy atom. The van der Waals surface area contributed by atoms with E-state index in [1.807, 2.05) is 0 Å². The van der Waals surface area contributed by atoms with Gasteiger partial charge in [0.05, 0.1) is 27.2 Å². The van der Waals surface area contributed by atoms with Gasteiger partial charge in [0.15, 0.2) is 25.5 Å². The second-order valence-corrected chi connectivity index (χ2v) is 12.2. The summed E-state index contributed by atoms with van der Waals surface area (Å²) in [5, 5.41) is 0. The molecule has 0 unspecified atom stereocenters. The first kappa shape index (κ1) is 25.3. The normalized spacial score (nSPS) is 12.0. The number of rotatable bonds is 9. The largest absolute Gasteiger partial charge is 0.366 e. The molecule has 3 aromatic rings. The molecule has 0 aliphatic heterocycles. The van der Waals surface area contributed by atoms with Gasteiger partial charge in [-0.15, -0.1) is 0 Å².